The van der Waals surface area contributed by atoms with E-state index in [9.17, 15) is 0 Å². The lowest BCUT2D eigenvalue weighted by molar-refractivity contribution is 1.41. The topological polar surface area (TPSA) is 12.9 Å². The second kappa shape index (κ2) is 2.92. The minimum atomic E-state index is 0.468. The number of rotatable bonds is 0. The zero-order valence-electron chi connectivity index (χ0n) is 6.09. The van der Waals surface area contributed by atoms with Gasteiger partial charge in [0, 0.05) is 5.39 Å². The van der Waals surface area contributed by atoms with E-state index in [4.69, 9.17) is 23.2 Å². The van der Waals surface area contributed by atoms with E-state index in [1.807, 2.05) is 18.2 Å². The number of halogens is 2. The molecular formula is C9H5Cl2N. The van der Waals surface area contributed by atoms with Crippen molar-refractivity contribution in [2.75, 3.05) is 0 Å². The Hall–Kier alpha value is -0.790. The van der Waals surface area contributed by atoms with E-state index in [-0.39, 0.29) is 0 Å². The first-order valence-corrected chi connectivity index (χ1v) is 4.24. The number of nitrogens with zero attached hydrogens (tertiary/aromatic N) is 1. The van der Waals surface area contributed by atoms with Crippen molar-refractivity contribution in [2.24, 2.45) is 0 Å². The summed E-state index contributed by atoms with van der Waals surface area (Å²) < 4.78 is 0. The molecule has 0 saturated carbocycles. The van der Waals surface area contributed by atoms with Gasteiger partial charge in [0.1, 0.15) is 5.15 Å². The summed E-state index contributed by atoms with van der Waals surface area (Å²) in [5, 5.41) is 2.11. The zero-order valence-corrected chi connectivity index (χ0v) is 7.60. The van der Waals surface area contributed by atoms with Crippen molar-refractivity contribution in [3.05, 3.63) is 40.5 Å². The minimum Gasteiger partial charge on any atom is -0.235 e. The van der Waals surface area contributed by atoms with Crippen molar-refractivity contribution >= 4 is 34.1 Å². The van der Waals surface area contributed by atoms with Gasteiger partial charge < -0.3 is 0 Å². The monoisotopic (exact) mass is 197 g/mol. The third-order valence-corrected chi connectivity index (χ3v) is 2.15. The fourth-order valence-corrected chi connectivity index (χ4v) is 1.46. The number of fused-ring (bicyclic) bond motifs is 1. The molecule has 0 spiro atoms. The third kappa shape index (κ3) is 1.26. The molecule has 3 heteroatoms. The van der Waals surface area contributed by atoms with Gasteiger partial charge in [-0.1, -0.05) is 35.3 Å². The lowest BCUT2D eigenvalue weighted by Gasteiger charge is -1.98. The normalized spacial score (nSPS) is 10.5. The van der Waals surface area contributed by atoms with Crippen LogP contribution in [0.4, 0.5) is 0 Å². The smallest absolute Gasteiger partial charge is 0.129 e. The van der Waals surface area contributed by atoms with Crippen LogP contribution in [-0.4, -0.2) is 4.98 Å². The Balaban J connectivity index is 2.88. The van der Waals surface area contributed by atoms with Crippen LogP contribution in [-0.2, 0) is 0 Å². The summed E-state index contributed by atoms with van der Waals surface area (Å²) in [5.41, 5.74) is 0.756. The van der Waals surface area contributed by atoms with Crippen LogP contribution in [0, 0.1) is 0 Å². The molecule has 1 aromatic carbocycles. The van der Waals surface area contributed by atoms with Crippen LogP contribution in [0.25, 0.3) is 10.9 Å². The van der Waals surface area contributed by atoms with Crippen molar-refractivity contribution in [3.63, 3.8) is 0 Å². The number of para-hydroxylation sites is 1. The highest BCUT2D eigenvalue weighted by Crippen LogP contribution is 2.22. The molecular weight excluding hydrogens is 193 g/mol. The molecule has 0 N–H and O–H groups in total. The van der Waals surface area contributed by atoms with E-state index in [0.717, 1.165) is 10.9 Å². The van der Waals surface area contributed by atoms with Gasteiger partial charge in [0.05, 0.1) is 10.5 Å². The zero-order chi connectivity index (χ0) is 8.55. The van der Waals surface area contributed by atoms with E-state index in [1.54, 1.807) is 12.1 Å². The van der Waals surface area contributed by atoms with Crippen LogP contribution in [0.1, 0.15) is 0 Å². The molecule has 0 atom stereocenters. The number of benzene rings is 1. The lowest BCUT2D eigenvalue weighted by atomic mass is 10.2. The standard InChI is InChI=1S/C9H5Cl2N/c10-7-3-1-2-6-4-5-8(11)12-9(6)7/h1-5H. The molecule has 0 aliphatic rings. The second-order valence-corrected chi connectivity index (χ2v) is 3.24. The predicted octanol–water partition coefficient (Wildman–Crippen LogP) is 3.54. The maximum atomic E-state index is 5.91. The summed E-state index contributed by atoms with van der Waals surface area (Å²) in [7, 11) is 0. The Morgan fingerprint density at radius 2 is 1.83 bits per heavy atom. The molecule has 0 saturated heterocycles. The first kappa shape index (κ1) is 7.84. The van der Waals surface area contributed by atoms with Crippen LogP contribution < -0.4 is 0 Å². The van der Waals surface area contributed by atoms with Gasteiger partial charge in [0.15, 0.2) is 0 Å². The van der Waals surface area contributed by atoms with Crippen molar-refractivity contribution in [3.8, 4) is 0 Å². The molecule has 0 bridgehead atoms. The van der Waals surface area contributed by atoms with Crippen molar-refractivity contribution in [1.29, 1.82) is 0 Å². The van der Waals surface area contributed by atoms with E-state index < -0.39 is 0 Å². The van der Waals surface area contributed by atoms with Crippen LogP contribution in [0.2, 0.25) is 10.2 Å². The van der Waals surface area contributed by atoms with Gasteiger partial charge in [0.2, 0.25) is 0 Å². The van der Waals surface area contributed by atoms with E-state index >= 15 is 0 Å². The molecule has 2 rings (SSSR count). The van der Waals surface area contributed by atoms with Gasteiger partial charge in [-0.15, -0.1) is 0 Å². The van der Waals surface area contributed by atoms with Gasteiger partial charge in [-0.2, -0.15) is 0 Å². The number of hydrogen-bond donors (Lipinski definition) is 0. The van der Waals surface area contributed by atoms with Gasteiger partial charge in [-0.3, -0.25) is 0 Å². The van der Waals surface area contributed by atoms with Crippen LogP contribution in [0.5, 0.6) is 0 Å². The summed E-state index contributed by atoms with van der Waals surface area (Å²) in [6.07, 6.45) is 0. The van der Waals surface area contributed by atoms with Crippen LogP contribution >= 0.6 is 23.2 Å². The second-order valence-electron chi connectivity index (χ2n) is 2.45. The Bertz CT molecular complexity index is 426. The first-order valence-electron chi connectivity index (χ1n) is 3.48. The number of aromatic nitrogens is 1. The molecule has 12 heavy (non-hydrogen) atoms. The van der Waals surface area contributed by atoms with Crippen molar-refractivity contribution in [1.82, 2.24) is 4.98 Å². The summed E-state index contributed by atoms with van der Waals surface area (Å²) in [4.78, 5) is 4.11. The van der Waals surface area contributed by atoms with Crippen LogP contribution in [0.3, 0.4) is 0 Å². The maximum Gasteiger partial charge on any atom is 0.129 e. The fraction of sp³-hybridized carbons (Fsp3) is 0. The van der Waals surface area contributed by atoms with Gasteiger partial charge in [0.25, 0.3) is 0 Å². The lowest BCUT2D eigenvalue weighted by Crippen LogP contribution is -1.79. The molecule has 0 aliphatic carbocycles. The van der Waals surface area contributed by atoms with Crippen molar-refractivity contribution in [2.45, 2.75) is 0 Å². The Labute approximate surface area is 79.9 Å². The Morgan fingerprint density at radius 1 is 1.00 bits per heavy atom. The molecule has 1 heterocycles. The third-order valence-electron chi connectivity index (χ3n) is 1.64. The van der Waals surface area contributed by atoms with E-state index in [2.05, 4.69) is 4.98 Å². The fourth-order valence-electron chi connectivity index (χ4n) is 1.09. The quantitative estimate of drug-likeness (QED) is 0.590. The average molecular weight is 198 g/mol. The predicted molar refractivity (Wildman–Crippen MR) is 51.8 cm³/mol. The van der Waals surface area contributed by atoms with E-state index in [0.29, 0.717) is 10.2 Å². The van der Waals surface area contributed by atoms with Crippen molar-refractivity contribution < 1.29 is 0 Å². The summed E-state index contributed by atoms with van der Waals surface area (Å²) in [5.74, 6) is 0. The van der Waals surface area contributed by atoms with Gasteiger partial charge in [-0.05, 0) is 18.2 Å². The van der Waals surface area contributed by atoms with Gasteiger partial charge in [-0.25, -0.2) is 4.98 Å². The average Bonchev–Trinajstić information content (AvgIpc) is 2.07. The molecule has 2 aromatic rings. The SMILES string of the molecule is Clc1ccc2cccc(Cl)c2n1. The molecule has 0 fully saturated rings. The highest BCUT2D eigenvalue weighted by molar-refractivity contribution is 6.35. The number of hydrogen-bond acceptors (Lipinski definition) is 1. The Kier molecular flexibility index (Phi) is 1.91. The Morgan fingerprint density at radius 3 is 2.67 bits per heavy atom. The molecule has 0 aliphatic heterocycles. The van der Waals surface area contributed by atoms with Crippen LogP contribution in [0.15, 0.2) is 30.3 Å². The first-order chi connectivity index (χ1) is 5.77. The highest BCUT2D eigenvalue weighted by Gasteiger charge is 1.99. The van der Waals surface area contributed by atoms with E-state index in [1.165, 1.54) is 0 Å². The molecule has 1 aromatic heterocycles. The minimum absolute atomic E-state index is 0.468. The molecule has 0 amide bonds. The maximum absolute atomic E-state index is 5.91. The largest absolute Gasteiger partial charge is 0.235 e. The molecule has 0 unspecified atom stereocenters. The molecule has 0 radical (unpaired) electrons. The summed E-state index contributed by atoms with van der Waals surface area (Å²) in [6, 6.07) is 9.29. The summed E-state index contributed by atoms with van der Waals surface area (Å²) >= 11 is 11.6. The van der Waals surface area contributed by atoms with Gasteiger partial charge >= 0.3 is 0 Å². The number of pyridine rings is 1. The highest BCUT2D eigenvalue weighted by atomic mass is 35.5. The molecule has 1 nitrogen and oxygen atoms in total. The molecule has 60 valence electrons. The summed E-state index contributed by atoms with van der Waals surface area (Å²) in [6.45, 7) is 0.